The molecule has 0 bridgehead atoms. The van der Waals surface area contributed by atoms with Gasteiger partial charge in [-0.25, -0.2) is 4.98 Å². The largest absolute Gasteiger partial charge is 0.351 e. The van der Waals surface area contributed by atoms with Crippen molar-refractivity contribution in [2.75, 3.05) is 12.3 Å². The Balaban J connectivity index is 2.29. The molecule has 1 unspecified atom stereocenters. The van der Waals surface area contributed by atoms with E-state index in [1.165, 1.54) is 36.8 Å². The number of carbonyl (C=O) groups excluding carboxylic acids is 1. The number of unbranched alkanes of at least 4 members (excludes halogenated alkanes) is 4. The first-order chi connectivity index (χ1) is 9.19. The van der Waals surface area contributed by atoms with Crippen molar-refractivity contribution in [3.63, 3.8) is 0 Å². The Hall–Kier alpha value is -0.750. The molecular formula is C13H22N2O2S2. The number of hydrogen-bond acceptors (Lipinski definition) is 4. The molecule has 0 aliphatic heterocycles. The topological polar surface area (TPSA) is 59.1 Å². The first kappa shape index (κ1) is 16.3. The second-order valence-corrected chi connectivity index (χ2v) is 7.24. The van der Waals surface area contributed by atoms with Gasteiger partial charge in [0.25, 0.3) is 5.91 Å². The monoisotopic (exact) mass is 302 g/mol. The van der Waals surface area contributed by atoms with Gasteiger partial charge < -0.3 is 5.32 Å². The van der Waals surface area contributed by atoms with Crippen LogP contribution in [0.5, 0.6) is 0 Å². The molecule has 0 fully saturated rings. The minimum absolute atomic E-state index is 0.104. The summed E-state index contributed by atoms with van der Waals surface area (Å²) in [4.78, 5) is 16.4. The molecule has 0 aliphatic carbocycles. The molecule has 0 aromatic carbocycles. The summed E-state index contributed by atoms with van der Waals surface area (Å²) >= 11 is 1.22. The molecule has 19 heavy (non-hydrogen) atoms. The highest BCUT2D eigenvalue weighted by Crippen LogP contribution is 2.16. The van der Waals surface area contributed by atoms with Crippen molar-refractivity contribution in [2.24, 2.45) is 0 Å². The molecule has 0 saturated carbocycles. The third-order valence-corrected chi connectivity index (χ3v) is 5.35. The van der Waals surface area contributed by atoms with Crippen LogP contribution in [0, 0.1) is 0 Å². The molecule has 6 heteroatoms. The van der Waals surface area contributed by atoms with Gasteiger partial charge in [-0.3, -0.25) is 9.00 Å². The number of nitrogens with zero attached hydrogens (tertiary/aromatic N) is 1. The van der Waals surface area contributed by atoms with E-state index in [-0.39, 0.29) is 5.91 Å². The molecule has 1 N–H and O–H groups in total. The number of rotatable bonds is 9. The van der Waals surface area contributed by atoms with E-state index in [1.807, 2.05) is 6.92 Å². The summed E-state index contributed by atoms with van der Waals surface area (Å²) in [6.45, 7) is 4.73. The lowest BCUT2D eigenvalue weighted by atomic mass is 10.1. The van der Waals surface area contributed by atoms with Crippen LogP contribution in [0.1, 0.15) is 55.6 Å². The van der Waals surface area contributed by atoms with Gasteiger partial charge in [0.2, 0.25) is 0 Å². The van der Waals surface area contributed by atoms with Gasteiger partial charge in [0.1, 0.15) is 4.88 Å². The van der Waals surface area contributed by atoms with Crippen LogP contribution >= 0.6 is 11.3 Å². The first-order valence-corrected chi connectivity index (χ1v) is 8.95. The summed E-state index contributed by atoms with van der Waals surface area (Å²) in [5, 5.41) is 2.88. The second kappa shape index (κ2) is 9.20. The summed E-state index contributed by atoms with van der Waals surface area (Å²) in [7, 11) is -1.07. The van der Waals surface area contributed by atoms with Crippen molar-refractivity contribution in [1.82, 2.24) is 10.3 Å². The third-order valence-electron chi connectivity index (χ3n) is 2.73. The Morgan fingerprint density at radius 3 is 2.74 bits per heavy atom. The van der Waals surface area contributed by atoms with Crippen LogP contribution in [0.4, 0.5) is 0 Å². The van der Waals surface area contributed by atoms with Crippen LogP contribution < -0.4 is 5.32 Å². The Morgan fingerprint density at radius 2 is 2.05 bits per heavy atom. The Bertz CT molecular complexity index is 419. The van der Waals surface area contributed by atoms with Crippen molar-refractivity contribution in [2.45, 2.75) is 50.3 Å². The summed E-state index contributed by atoms with van der Waals surface area (Å²) in [5.41, 5.74) is 0. The normalized spacial score (nSPS) is 12.3. The van der Waals surface area contributed by atoms with E-state index in [2.05, 4.69) is 17.2 Å². The fourth-order valence-corrected chi connectivity index (χ4v) is 3.59. The Labute approximate surface area is 121 Å². The Kier molecular flexibility index (Phi) is 7.90. The van der Waals surface area contributed by atoms with Crippen LogP contribution in [-0.4, -0.2) is 27.4 Å². The van der Waals surface area contributed by atoms with Gasteiger partial charge in [-0.1, -0.05) is 39.5 Å². The maximum atomic E-state index is 11.8. The zero-order valence-electron chi connectivity index (χ0n) is 11.6. The molecule has 1 amide bonds. The highest BCUT2D eigenvalue weighted by atomic mass is 32.2. The summed E-state index contributed by atoms with van der Waals surface area (Å²) in [6, 6.07) is 0. The average molecular weight is 302 g/mol. The maximum absolute atomic E-state index is 11.8. The zero-order valence-corrected chi connectivity index (χ0v) is 13.2. The number of thiazole rings is 1. The first-order valence-electron chi connectivity index (χ1n) is 6.81. The molecule has 1 aromatic rings. The zero-order chi connectivity index (χ0) is 14.1. The van der Waals surface area contributed by atoms with E-state index in [1.54, 1.807) is 0 Å². The lowest BCUT2D eigenvalue weighted by Crippen LogP contribution is -2.23. The molecule has 0 radical (unpaired) electrons. The van der Waals surface area contributed by atoms with Crippen molar-refractivity contribution < 1.29 is 9.00 Å². The van der Waals surface area contributed by atoms with Crippen molar-refractivity contribution in [3.8, 4) is 0 Å². The number of aromatic nitrogens is 1. The minimum Gasteiger partial charge on any atom is -0.351 e. The van der Waals surface area contributed by atoms with Gasteiger partial charge in [0.05, 0.1) is 17.0 Å². The second-order valence-electron chi connectivity index (χ2n) is 4.29. The molecule has 1 aromatic heterocycles. The van der Waals surface area contributed by atoms with Crippen LogP contribution in [0.25, 0.3) is 0 Å². The molecule has 0 saturated heterocycles. The van der Waals surface area contributed by atoms with Crippen LogP contribution in [0.3, 0.4) is 0 Å². The van der Waals surface area contributed by atoms with Gasteiger partial charge in [-0.15, -0.1) is 11.3 Å². The summed E-state index contributed by atoms with van der Waals surface area (Å²) in [5.74, 6) is 0.429. The van der Waals surface area contributed by atoms with E-state index >= 15 is 0 Å². The molecular weight excluding hydrogens is 280 g/mol. The van der Waals surface area contributed by atoms with Crippen LogP contribution in [0.2, 0.25) is 0 Å². The molecule has 0 spiro atoms. The van der Waals surface area contributed by atoms with E-state index in [9.17, 15) is 9.00 Å². The molecule has 1 atom stereocenters. The SMILES string of the molecule is CCCCCCCNC(=O)c1cnc(S(=O)CC)s1. The van der Waals surface area contributed by atoms with Crippen LogP contribution in [0.15, 0.2) is 10.5 Å². The number of hydrogen-bond donors (Lipinski definition) is 1. The number of carbonyl (C=O) groups is 1. The highest BCUT2D eigenvalue weighted by Gasteiger charge is 2.12. The minimum atomic E-state index is -1.07. The van der Waals surface area contributed by atoms with Crippen molar-refractivity contribution in [3.05, 3.63) is 11.1 Å². The Morgan fingerprint density at radius 1 is 1.32 bits per heavy atom. The molecule has 4 nitrogen and oxygen atoms in total. The van der Waals surface area contributed by atoms with Gasteiger partial charge in [-0.05, 0) is 6.42 Å². The van der Waals surface area contributed by atoms with Gasteiger partial charge >= 0.3 is 0 Å². The predicted molar refractivity (Wildman–Crippen MR) is 80.2 cm³/mol. The molecule has 1 heterocycles. The highest BCUT2D eigenvalue weighted by molar-refractivity contribution is 7.87. The van der Waals surface area contributed by atoms with Gasteiger partial charge in [0.15, 0.2) is 4.34 Å². The average Bonchev–Trinajstić information content (AvgIpc) is 2.91. The predicted octanol–water partition coefficient (Wildman–Crippen LogP) is 2.97. The van der Waals surface area contributed by atoms with E-state index in [0.29, 0.717) is 21.5 Å². The fraction of sp³-hybridized carbons (Fsp3) is 0.692. The molecule has 108 valence electrons. The lowest BCUT2D eigenvalue weighted by molar-refractivity contribution is 0.0957. The van der Waals surface area contributed by atoms with E-state index in [4.69, 9.17) is 0 Å². The summed E-state index contributed by atoms with van der Waals surface area (Å²) < 4.78 is 12.1. The summed E-state index contributed by atoms with van der Waals surface area (Å²) in [6.07, 6.45) is 7.40. The standard InChI is InChI=1S/C13H22N2O2S2/c1-3-5-6-7-8-9-14-12(16)11-10-15-13(18-11)19(17)4-2/h10H,3-9H2,1-2H3,(H,14,16). The van der Waals surface area contributed by atoms with E-state index in [0.717, 1.165) is 12.8 Å². The molecule has 0 aliphatic rings. The van der Waals surface area contributed by atoms with Crippen LogP contribution in [-0.2, 0) is 10.8 Å². The molecule has 1 rings (SSSR count). The smallest absolute Gasteiger partial charge is 0.263 e. The van der Waals surface area contributed by atoms with Crippen molar-refractivity contribution >= 4 is 28.0 Å². The van der Waals surface area contributed by atoms with Crippen molar-refractivity contribution in [1.29, 1.82) is 0 Å². The number of nitrogens with one attached hydrogen (secondary N) is 1. The van der Waals surface area contributed by atoms with Gasteiger partial charge in [-0.2, -0.15) is 0 Å². The fourth-order valence-electron chi connectivity index (χ4n) is 1.61. The van der Waals surface area contributed by atoms with E-state index < -0.39 is 10.8 Å². The maximum Gasteiger partial charge on any atom is 0.263 e. The number of amides is 1. The quantitative estimate of drug-likeness (QED) is 0.713. The third kappa shape index (κ3) is 5.82. The van der Waals surface area contributed by atoms with Gasteiger partial charge in [0, 0.05) is 12.3 Å². The lowest BCUT2D eigenvalue weighted by Gasteiger charge is -2.02.